The molecule has 0 unspecified atom stereocenters. The first-order valence-electron chi connectivity index (χ1n) is 7.96. The molecule has 0 heterocycles. The minimum atomic E-state index is 0.848. The van der Waals surface area contributed by atoms with E-state index in [0.717, 1.165) is 44.7 Å². The monoisotopic (exact) mass is 268 g/mol. The number of guanidine groups is 1. The average Bonchev–Trinajstić information content (AvgIpc) is 3.24. The molecule has 0 aromatic rings. The molecule has 0 bridgehead atoms. The van der Waals surface area contributed by atoms with Gasteiger partial charge in [-0.1, -0.05) is 20.3 Å². The van der Waals surface area contributed by atoms with Crippen LogP contribution in [0.5, 0.6) is 0 Å². The summed E-state index contributed by atoms with van der Waals surface area (Å²) in [5.41, 5.74) is 0. The number of nitrogens with zero attached hydrogens (tertiary/aromatic N) is 3. The minimum Gasteiger partial charge on any atom is -0.357 e. The van der Waals surface area contributed by atoms with Gasteiger partial charge in [0.2, 0.25) is 0 Å². The molecule has 1 rings (SSSR count). The number of likely N-dealkylation sites (N-methyl/N-ethyl adjacent to an activating group) is 1. The molecule has 0 radical (unpaired) electrons. The predicted molar refractivity (Wildman–Crippen MR) is 83.8 cm³/mol. The third-order valence-electron chi connectivity index (χ3n) is 3.66. The van der Waals surface area contributed by atoms with E-state index < -0.39 is 0 Å². The van der Waals surface area contributed by atoms with E-state index in [4.69, 9.17) is 4.99 Å². The summed E-state index contributed by atoms with van der Waals surface area (Å²) in [5, 5.41) is 3.39. The van der Waals surface area contributed by atoms with E-state index in [-0.39, 0.29) is 0 Å². The van der Waals surface area contributed by atoms with Crippen molar-refractivity contribution in [2.24, 2.45) is 4.99 Å². The first-order valence-corrected chi connectivity index (χ1v) is 7.96. The molecule has 0 atom stereocenters. The fourth-order valence-electron chi connectivity index (χ4n) is 2.29. The van der Waals surface area contributed by atoms with Crippen molar-refractivity contribution in [2.75, 3.05) is 39.8 Å². The summed E-state index contributed by atoms with van der Waals surface area (Å²) >= 11 is 0. The van der Waals surface area contributed by atoms with Crippen LogP contribution in [0, 0.1) is 0 Å². The Bertz CT molecular complexity index is 261. The lowest BCUT2D eigenvalue weighted by atomic mass is 10.3. The van der Waals surface area contributed by atoms with Crippen LogP contribution in [-0.4, -0.2) is 61.6 Å². The predicted octanol–water partition coefficient (Wildman–Crippen LogP) is 2.17. The Hall–Kier alpha value is -0.770. The third kappa shape index (κ3) is 6.28. The summed E-state index contributed by atoms with van der Waals surface area (Å²) in [6.07, 6.45) is 5.22. The Morgan fingerprint density at radius 1 is 1.21 bits per heavy atom. The molecule has 0 aromatic heterocycles. The quantitative estimate of drug-likeness (QED) is 0.513. The van der Waals surface area contributed by atoms with Gasteiger partial charge in [-0.2, -0.15) is 0 Å². The maximum Gasteiger partial charge on any atom is 0.193 e. The van der Waals surface area contributed by atoms with Gasteiger partial charge in [0.15, 0.2) is 5.96 Å². The number of aliphatic imine (C=N–C) groups is 1. The molecule has 1 fully saturated rings. The van der Waals surface area contributed by atoms with E-state index in [2.05, 4.69) is 42.9 Å². The SMILES string of the molecule is CCCCN(C)C(=NCCN(CC)C1CC1)NCC. The fourth-order valence-corrected chi connectivity index (χ4v) is 2.29. The van der Waals surface area contributed by atoms with Crippen LogP contribution in [0.2, 0.25) is 0 Å². The van der Waals surface area contributed by atoms with Gasteiger partial charge >= 0.3 is 0 Å². The van der Waals surface area contributed by atoms with Crippen LogP contribution in [0.1, 0.15) is 46.5 Å². The fraction of sp³-hybridized carbons (Fsp3) is 0.933. The second-order valence-electron chi connectivity index (χ2n) is 5.37. The summed E-state index contributed by atoms with van der Waals surface area (Å²) in [7, 11) is 2.13. The van der Waals surface area contributed by atoms with Crippen molar-refractivity contribution in [1.29, 1.82) is 0 Å². The Balaban J connectivity index is 2.37. The van der Waals surface area contributed by atoms with Gasteiger partial charge in [-0.25, -0.2) is 0 Å². The highest BCUT2D eigenvalue weighted by atomic mass is 15.3. The Labute approximate surface area is 119 Å². The van der Waals surface area contributed by atoms with E-state index in [1.165, 1.54) is 25.7 Å². The van der Waals surface area contributed by atoms with Crippen molar-refractivity contribution in [3.8, 4) is 0 Å². The van der Waals surface area contributed by atoms with Gasteiger partial charge in [0, 0.05) is 32.7 Å². The second-order valence-corrected chi connectivity index (χ2v) is 5.37. The summed E-state index contributed by atoms with van der Waals surface area (Å²) in [4.78, 5) is 9.56. The summed E-state index contributed by atoms with van der Waals surface area (Å²) in [6, 6.07) is 0.848. The number of hydrogen-bond acceptors (Lipinski definition) is 2. The molecule has 0 aromatic carbocycles. The molecule has 1 aliphatic rings. The molecular weight excluding hydrogens is 236 g/mol. The molecule has 4 nitrogen and oxygen atoms in total. The van der Waals surface area contributed by atoms with Gasteiger partial charge in [-0.15, -0.1) is 0 Å². The molecule has 1 N–H and O–H groups in total. The number of rotatable bonds is 9. The molecular formula is C15H32N4. The molecule has 1 saturated carbocycles. The molecule has 1 aliphatic carbocycles. The smallest absolute Gasteiger partial charge is 0.193 e. The number of unbranched alkanes of at least 4 members (excludes halogenated alkanes) is 1. The Kier molecular flexibility index (Phi) is 7.87. The van der Waals surface area contributed by atoms with Crippen molar-refractivity contribution in [3.63, 3.8) is 0 Å². The molecule has 0 spiro atoms. The number of hydrogen-bond donors (Lipinski definition) is 1. The van der Waals surface area contributed by atoms with Crippen LogP contribution in [0.15, 0.2) is 4.99 Å². The normalized spacial score (nSPS) is 15.9. The Morgan fingerprint density at radius 2 is 1.95 bits per heavy atom. The highest BCUT2D eigenvalue weighted by Crippen LogP contribution is 2.25. The van der Waals surface area contributed by atoms with Gasteiger partial charge in [0.05, 0.1) is 6.54 Å². The Morgan fingerprint density at radius 3 is 2.47 bits per heavy atom. The van der Waals surface area contributed by atoms with E-state index in [1.54, 1.807) is 0 Å². The molecule has 0 amide bonds. The standard InChI is InChI=1S/C15H32N4/c1-5-8-12-18(4)15(16-6-2)17-11-13-19(7-3)14-9-10-14/h14H,5-13H2,1-4H3,(H,16,17). The third-order valence-corrected chi connectivity index (χ3v) is 3.66. The van der Waals surface area contributed by atoms with Crippen LogP contribution >= 0.6 is 0 Å². The zero-order chi connectivity index (χ0) is 14.1. The van der Waals surface area contributed by atoms with E-state index in [1.807, 2.05) is 0 Å². The molecule has 19 heavy (non-hydrogen) atoms. The average molecular weight is 268 g/mol. The first kappa shape index (κ1) is 16.3. The maximum absolute atomic E-state index is 4.75. The van der Waals surface area contributed by atoms with Crippen molar-refractivity contribution in [1.82, 2.24) is 15.1 Å². The van der Waals surface area contributed by atoms with E-state index in [0.29, 0.717) is 0 Å². The van der Waals surface area contributed by atoms with Crippen LogP contribution in [0.25, 0.3) is 0 Å². The van der Waals surface area contributed by atoms with Crippen LogP contribution in [0.4, 0.5) is 0 Å². The van der Waals surface area contributed by atoms with Crippen LogP contribution in [-0.2, 0) is 0 Å². The lowest BCUT2D eigenvalue weighted by Gasteiger charge is -2.23. The lowest BCUT2D eigenvalue weighted by molar-refractivity contribution is 0.285. The van der Waals surface area contributed by atoms with Gasteiger partial charge in [-0.05, 0) is 32.7 Å². The topological polar surface area (TPSA) is 30.9 Å². The lowest BCUT2D eigenvalue weighted by Crippen LogP contribution is -2.40. The summed E-state index contributed by atoms with van der Waals surface area (Å²) in [5.74, 6) is 1.06. The van der Waals surface area contributed by atoms with Gasteiger partial charge in [-0.3, -0.25) is 9.89 Å². The molecule has 112 valence electrons. The van der Waals surface area contributed by atoms with Crippen LogP contribution < -0.4 is 5.32 Å². The minimum absolute atomic E-state index is 0.848. The van der Waals surface area contributed by atoms with Gasteiger partial charge in [0.25, 0.3) is 0 Å². The highest BCUT2D eigenvalue weighted by Gasteiger charge is 2.27. The van der Waals surface area contributed by atoms with Gasteiger partial charge < -0.3 is 10.2 Å². The van der Waals surface area contributed by atoms with Crippen molar-refractivity contribution >= 4 is 5.96 Å². The number of nitrogens with one attached hydrogen (secondary N) is 1. The summed E-state index contributed by atoms with van der Waals surface area (Å²) in [6.45, 7) is 11.8. The second kappa shape index (κ2) is 9.18. The highest BCUT2D eigenvalue weighted by molar-refractivity contribution is 5.79. The van der Waals surface area contributed by atoms with Crippen molar-refractivity contribution in [3.05, 3.63) is 0 Å². The van der Waals surface area contributed by atoms with Crippen molar-refractivity contribution in [2.45, 2.75) is 52.5 Å². The first-order chi connectivity index (χ1) is 9.22. The molecule has 0 saturated heterocycles. The zero-order valence-corrected chi connectivity index (χ0v) is 13.3. The molecule has 0 aliphatic heterocycles. The van der Waals surface area contributed by atoms with E-state index >= 15 is 0 Å². The van der Waals surface area contributed by atoms with E-state index in [9.17, 15) is 0 Å². The maximum atomic E-state index is 4.75. The van der Waals surface area contributed by atoms with Crippen molar-refractivity contribution < 1.29 is 0 Å². The summed E-state index contributed by atoms with van der Waals surface area (Å²) < 4.78 is 0. The van der Waals surface area contributed by atoms with Gasteiger partial charge in [0.1, 0.15) is 0 Å². The van der Waals surface area contributed by atoms with Crippen LogP contribution in [0.3, 0.4) is 0 Å². The zero-order valence-electron chi connectivity index (χ0n) is 13.3. The molecule has 4 heteroatoms. The largest absolute Gasteiger partial charge is 0.357 e.